The predicted octanol–water partition coefficient (Wildman–Crippen LogP) is 2.98. The smallest absolute Gasteiger partial charge is 0.328 e. The molecule has 2 fully saturated rings. The minimum absolute atomic E-state index is 0.308. The second-order valence-corrected chi connectivity index (χ2v) is 8.77. The number of carbonyl (C=O) groups excluding carboxylic acids is 3. The van der Waals surface area contributed by atoms with Gasteiger partial charge in [0.25, 0.3) is 11.7 Å². The normalized spacial score (nSPS) is 20.8. The Kier molecular flexibility index (Phi) is 8.58. The molecule has 31 heavy (non-hydrogen) atoms. The van der Waals surface area contributed by atoms with Gasteiger partial charge in [-0.05, 0) is 69.4 Å². The van der Waals surface area contributed by atoms with E-state index in [9.17, 15) is 19.5 Å². The molecule has 2 heterocycles. The summed E-state index contributed by atoms with van der Waals surface area (Å²) in [5, 5.41) is 10.7. The van der Waals surface area contributed by atoms with Crippen molar-refractivity contribution < 1.29 is 24.2 Å². The van der Waals surface area contributed by atoms with Gasteiger partial charge in [-0.25, -0.2) is 4.79 Å². The number of piperidine rings is 1. The number of nitrogens with zero attached hydrogens (tertiary/aromatic N) is 2. The molecule has 1 saturated heterocycles. The molecule has 1 aliphatic carbocycles. The maximum absolute atomic E-state index is 12.9. The molecule has 2 aliphatic rings. The summed E-state index contributed by atoms with van der Waals surface area (Å²) >= 11 is 0. The van der Waals surface area contributed by atoms with Crippen LogP contribution < -0.4 is 0 Å². The number of aromatic nitrogens is 1. The molecule has 1 N–H and O–H groups in total. The Morgan fingerprint density at radius 3 is 2.65 bits per heavy atom. The molecule has 0 aromatic carbocycles. The number of likely N-dealkylation sites (tertiary alicyclic amines) is 1. The Morgan fingerprint density at radius 1 is 1.10 bits per heavy atom. The van der Waals surface area contributed by atoms with Crippen LogP contribution in [-0.2, 0) is 25.5 Å². The van der Waals surface area contributed by atoms with E-state index in [0.29, 0.717) is 32.4 Å². The molecule has 1 aromatic heterocycles. The number of hydrogen-bond donors (Lipinski definition) is 1. The number of pyridine rings is 1. The summed E-state index contributed by atoms with van der Waals surface area (Å²) in [5.74, 6) is -1.94. The number of amides is 1. The van der Waals surface area contributed by atoms with Crippen LogP contribution in [-0.4, -0.2) is 57.4 Å². The number of hydrogen-bond acceptors (Lipinski definition) is 6. The number of aliphatic hydroxyl groups is 1. The number of aryl methyl sites for hydroxylation is 1. The van der Waals surface area contributed by atoms with Crippen LogP contribution >= 0.6 is 0 Å². The average molecular weight is 431 g/mol. The summed E-state index contributed by atoms with van der Waals surface area (Å²) in [7, 11) is 0. The van der Waals surface area contributed by atoms with E-state index in [1.54, 1.807) is 6.20 Å². The summed E-state index contributed by atoms with van der Waals surface area (Å²) in [5.41, 5.74) is -0.379. The Labute approximate surface area is 184 Å². The van der Waals surface area contributed by atoms with Gasteiger partial charge in [0, 0.05) is 18.9 Å². The SMILES string of the molecule is O=C(OCCCCCc1cccnc1)C1CCCCN1C(=O)C(=O)C1(O)CCCCC1. The second kappa shape index (κ2) is 11.4. The van der Waals surface area contributed by atoms with E-state index in [2.05, 4.69) is 4.98 Å². The molecule has 0 radical (unpaired) electrons. The van der Waals surface area contributed by atoms with Gasteiger partial charge in [-0.15, -0.1) is 0 Å². The van der Waals surface area contributed by atoms with Crippen LogP contribution in [0.15, 0.2) is 24.5 Å². The fraction of sp³-hybridized carbons (Fsp3) is 0.667. The lowest BCUT2D eigenvalue weighted by molar-refractivity contribution is -0.164. The van der Waals surface area contributed by atoms with Crippen LogP contribution in [0.4, 0.5) is 0 Å². The van der Waals surface area contributed by atoms with Crippen LogP contribution in [0.2, 0.25) is 0 Å². The standard InChI is InChI=1S/C24H34N2O5/c27-21(24(30)13-5-2-6-14-24)22(28)26-16-7-4-12-20(26)23(29)31-17-8-1-3-10-19-11-9-15-25-18-19/h9,11,15,18,20,30H,1-8,10,12-14,16-17H2. The van der Waals surface area contributed by atoms with Crippen molar-refractivity contribution in [2.45, 2.75) is 88.7 Å². The number of carbonyl (C=O) groups is 3. The van der Waals surface area contributed by atoms with Gasteiger partial charge in [0.2, 0.25) is 0 Å². The number of rotatable bonds is 9. The average Bonchev–Trinajstić information content (AvgIpc) is 2.81. The zero-order valence-electron chi connectivity index (χ0n) is 18.3. The Bertz CT molecular complexity index is 746. The van der Waals surface area contributed by atoms with Gasteiger partial charge in [-0.2, -0.15) is 0 Å². The van der Waals surface area contributed by atoms with Gasteiger partial charge in [0.1, 0.15) is 11.6 Å². The molecule has 0 bridgehead atoms. The first kappa shape index (κ1) is 23.4. The van der Waals surface area contributed by atoms with E-state index < -0.39 is 29.3 Å². The number of ketones is 1. The van der Waals surface area contributed by atoms with Crippen molar-refractivity contribution in [2.75, 3.05) is 13.2 Å². The lowest BCUT2D eigenvalue weighted by atomic mass is 9.81. The molecule has 1 aromatic rings. The van der Waals surface area contributed by atoms with Crippen molar-refractivity contribution >= 4 is 17.7 Å². The van der Waals surface area contributed by atoms with E-state index in [1.165, 1.54) is 10.5 Å². The molecule has 1 unspecified atom stereocenters. The summed E-state index contributed by atoms with van der Waals surface area (Å²) in [4.78, 5) is 43.7. The molecule has 1 amide bonds. The van der Waals surface area contributed by atoms with Crippen LogP contribution in [0, 0.1) is 0 Å². The first-order valence-electron chi connectivity index (χ1n) is 11.6. The highest BCUT2D eigenvalue weighted by atomic mass is 16.5. The fourth-order valence-corrected chi connectivity index (χ4v) is 4.54. The Morgan fingerprint density at radius 2 is 1.90 bits per heavy atom. The molecule has 0 spiro atoms. The monoisotopic (exact) mass is 430 g/mol. The van der Waals surface area contributed by atoms with Gasteiger partial charge < -0.3 is 14.7 Å². The molecule has 1 saturated carbocycles. The van der Waals surface area contributed by atoms with Gasteiger partial charge >= 0.3 is 5.97 Å². The number of Topliss-reactive ketones (excluding diaryl/α,β-unsaturated/α-hetero) is 1. The maximum Gasteiger partial charge on any atom is 0.328 e. The number of unbranched alkanes of at least 4 members (excludes halogenated alkanes) is 2. The van der Waals surface area contributed by atoms with E-state index in [1.807, 2.05) is 18.3 Å². The molecular formula is C24H34N2O5. The first-order chi connectivity index (χ1) is 15.0. The third-order valence-electron chi connectivity index (χ3n) is 6.41. The summed E-state index contributed by atoms with van der Waals surface area (Å²) in [6.45, 7) is 0.661. The van der Waals surface area contributed by atoms with Crippen molar-refractivity contribution in [3.8, 4) is 0 Å². The van der Waals surface area contributed by atoms with Crippen molar-refractivity contribution in [3.63, 3.8) is 0 Å². The van der Waals surface area contributed by atoms with Crippen molar-refractivity contribution in [2.24, 2.45) is 0 Å². The second-order valence-electron chi connectivity index (χ2n) is 8.77. The van der Waals surface area contributed by atoms with Gasteiger partial charge in [-0.3, -0.25) is 14.6 Å². The molecule has 170 valence electrons. The van der Waals surface area contributed by atoms with Crippen molar-refractivity contribution in [1.82, 2.24) is 9.88 Å². The quantitative estimate of drug-likeness (QED) is 0.368. The predicted molar refractivity (Wildman–Crippen MR) is 115 cm³/mol. The largest absolute Gasteiger partial charge is 0.464 e. The lowest BCUT2D eigenvalue weighted by Gasteiger charge is -2.36. The molecule has 7 nitrogen and oxygen atoms in total. The number of esters is 1. The van der Waals surface area contributed by atoms with Crippen molar-refractivity contribution in [3.05, 3.63) is 30.1 Å². The molecule has 7 heteroatoms. The molecule has 3 rings (SSSR count). The van der Waals surface area contributed by atoms with Crippen LogP contribution in [0.3, 0.4) is 0 Å². The third-order valence-corrected chi connectivity index (χ3v) is 6.41. The maximum atomic E-state index is 12.9. The first-order valence-corrected chi connectivity index (χ1v) is 11.6. The van der Waals surface area contributed by atoms with E-state index >= 15 is 0 Å². The van der Waals surface area contributed by atoms with Crippen molar-refractivity contribution in [1.29, 1.82) is 0 Å². The van der Waals surface area contributed by atoms with E-state index in [0.717, 1.165) is 57.8 Å². The third kappa shape index (κ3) is 6.35. The highest BCUT2D eigenvalue weighted by Gasteiger charge is 2.45. The minimum atomic E-state index is -1.57. The fourth-order valence-electron chi connectivity index (χ4n) is 4.54. The summed E-state index contributed by atoms with van der Waals surface area (Å²) in [6, 6.07) is 3.24. The van der Waals surface area contributed by atoms with E-state index in [-0.39, 0.29) is 0 Å². The van der Waals surface area contributed by atoms with E-state index in [4.69, 9.17) is 4.74 Å². The van der Waals surface area contributed by atoms with Gasteiger partial charge in [-0.1, -0.05) is 25.3 Å². The minimum Gasteiger partial charge on any atom is -0.464 e. The Hall–Kier alpha value is -2.28. The zero-order valence-corrected chi connectivity index (χ0v) is 18.3. The summed E-state index contributed by atoms with van der Waals surface area (Å²) < 4.78 is 5.45. The molecule has 1 atom stereocenters. The lowest BCUT2D eigenvalue weighted by Crippen LogP contribution is -2.56. The molecular weight excluding hydrogens is 396 g/mol. The zero-order chi connectivity index (χ0) is 22.1. The highest BCUT2D eigenvalue weighted by molar-refractivity contribution is 6.39. The number of ether oxygens (including phenoxy) is 1. The van der Waals surface area contributed by atoms with Crippen LogP contribution in [0.25, 0.3) is 0 Å². The highest BCUT2D eigenvalue weighted by Crippen LogP contribution is 2.30. The Balaban J connectivity index is 1.45. The van der Waals surface area contributed by atoms with Crippen LogP contribution in [0.1, 0.15) is 76.2 Å². The van der Waals surface area contributed by atoms with Gasteiger partial charge in [0.05, 0.1) is 6.61 Å². The van der Waals surface area contributed by atoms with Crippen LogP contribution in [0.5, 0.6) is 0 Å². The summed E-state index contributed by atoms with van der Waals surface area (Å²) in [6.07, 6.45) is 12.4. The molecule has 1 aliphatic heterocycles. The topological polar surface area (TPSA) is 96.8 Å². The van der Waals surface area contributed by atoms with Gasteiger partial charge in [0.15, 0.2) is 0 Å².